The minimum Gasteiger partial charge on any atom is -0.352 e. The van der Waals surface area contributed by atoms with E-state index in [0.717, 1.165) is 12.8 Å². The number of halogens is 2. The normalized spacial score (nSPS) is 10.8. The van der Waals surface area contributed by atoms with Crippen molar-refractivity contribution in [2.45, 2.75) is 19.8 Å². The zero-order valence-electron chi connectivity index (χ0n) is 18.1. The van der Waals surface area contributed by atoms with Crippen LogP contribution in [0.5, 0.6) is 0 Å². The number of aromatic nitrogens is 3. The van der Waals surface area contributed by atoms with Crippen LogP contribution < -0.4 is 5.32 Å². The van der Waals surface area contributed by atoms with Gasteiger partial charge in [0.25, 0.3) is 5.91 Å². The Hall–Kier alpha value is -3.28. The van der Waals surface area contributed by atoms with E-state index >= 15 is 0 Å². The lowest BCUT2D eigenvalue weighted by atomic mass is 10.0. The average Bonchev–Trinajstić information content (AvgIpc) is 2.82. The number of amides is 1. The Morgan fingerprint density at radius 2 is 1.67 bits per heavy atom. The van der Waals surface area contributed by atoms with E-state index in [1.54, 1.807) is 31.3 Å². The fraction of sp³-hybridized carbons (Fsp3) is 0.154. The molecular formula is C26H22Cl2N4O. The Labute approximate surface area is 202 Å². The first-order valence-electron chi connectivity index (χ1n) is 10.6. The topological polar surface area (TPSA) is 67.8 Å². The molecule has 2 aromatic carbocycles. The maximum Gasteiger partial charge on any atom is 0.255 e. The number of hydrogen-bond acceptors (Lipinski definition) is 4. The second-order valence-corrected chi connectivity index (χ2v) is 8.45. The zero-order valence-corrected chi connectivity index (χ0v) is 19.6. The summed E-state index contributed by atoms with van der Waals surface area (Å²) in [6, 6.07) is 20.8. The van der Waals surface area contributed by atoms with Crippen LogP contribution >= 0.6 is 23.2 Å². The van der Waals surface area contributed by atoms with Gasteiger partial charge in [-0.1, -0.05) is 59.6 Å². The van der Waals surface area contributed by atoms with Crippen LogP contribution in [0.2, 0.25) is 10.0 Å². The van der Waals surface area contributed by atoms with Crippen LogP contribution in [0.15, 0.2) is 72.9 Å². The molecule has 0 spiro atoms. The first-order chi connectivity index (χ1) is 16.0. The molecule has 1 N–H and O–H groups in total. The van der Waals surface area contributed by atoms with Gasteiger partial charge in [0.2, 0.25) is 0 Å². The van der Waals surface area contributed by atoms with Crippen molar-refractivity contribution in [3.8, 4) is 22.8 Å². The van der Waals surface area contributed by atoms with E-state index in [1.165, 1.54) is 5.56 Å². The molecule has 1 amide bonds. The van der Waals surface area contributed by atoms with Gasteiger partial charge in [0.15, 0.2) is 5.82 Å². The third-order valence-electron chi connectivity index (χ3n) is 5.12. The van der Waals surface area contributed by atoms with Crippen molar-refractivity contribution < 1.29 is 4.79 Å². The number of carbonyl (C=O) groups excluding carboxylic acids is 1. The van der Waals surface area contributed by atoms with Crippen LogP contribution in [-0.4, -0.2) is 27.4 Å². The van der Waals surface area contributed by atoms with Gasteiger partial charge in [-0.3, -0.25) is 9.78 Å². The molecule has 2 heterocycles. The Morgan fingerprint density at radius 3 is 2.36 bits per heavy atom. The molecule has 33 heavy (non-hydrogen) atoms. The Morgan fingerprint density at radius 1 is 0.939 bits per heavy atom. The van der Waals surface area contributed by atoms with Crippen molar-refractivity contribution in [1.82, 2.24) is 20.3 Å². The largest absolute Gasteiger partial charge is 0.352 e. The highest BCUT2D eigenvalue weighted by atomic mass is 35.5. The van der Waals surface area contributed by atoms with E-state index in [-0.39, 0.29) is 5.91 Å². The van der Waals surface area contributed by atoms with Gasteiger partial charge in [-0.05, 0) is 55.7 Å². The molecule has 7 heteroatoms. The number of carbonyl (C=O) groups is 1. The SMILES string of the molecule is Cc1nc(-c2ccccn2)nc(-c2cc(Cl)cc(Cl)c2)c1C(=O)NCCCc1ccccc1. The summed E-state index contributed by atoms with van der Waals surface area (Å²) in [7, 11) is 0. The molecule has 2 aromatic heterocycles. The zero-order chi connectivity index (χ0) is 23.2. The van der Waals surface area contributed by atoms with Gasteiger partial charge in [0.1, 0.15) is 5.69 Å². The predicted octanol–water partition coefficient (Wildman–Crippen LogP) is 6.18. The fourth-order valence-electron chi connectivity index (χ4n) is 3.58. The lowest BCUT2D eigenvalue weighted by Gasteiger charge is -2.14. The quantitative estimate of drug-likeness (QED) is 0.323. The van der Waals surface area contributed by atoms with Gasteiger partial charge < -0.3 is 5.32 Å². The van der Waals surface area contributed by atoms with E-state index in [9.17, 15) is 4.79 Å². The smallest absolute Gasteiger partial charge is 0.255 e. The van der Waals surface area contributed by atoms with Gasteiger partial charge in [0.05, 0.1) is 17.0 Å². The van der Waals surface area contributed by atoms with Crippen LogP contribution in [0.25, 0.3) is 22.8 Å². The fourth-order valence-corrected chi connectivity index (χ4v) is 4.11. The lowest BCUT2D eigenvalue weighted by molar-refractivity contribution is 0.0952. The molecule has 0 radical (unpaired) electrons. The third kappa shape index (κ3) is 5.75. The number of nitrogens with zero attached hydrogens (tertiary/aromatic N) is 3. The Balaban J connectivity index is 1.65. The molecule has 0 saturated carbocycles. The first-order valence-corrected chi connectivity index (χ1v) is 11.4. The van der Waals surface area contributed by atoms with E-state index in [4.69, 9.17) is 28.2 Å². The molecule has 0 unspecified atom stereocenters. The highest BCUT2D eigenvalue weighted by molar-refractivity contribution is 6.35. The number of aryl methyl sites for hydroxylation is 2. The molecule has 0 fully saturated rings. The van der Waals surface area contributed by atoms with Crippen molar-refractivity contribution in [2.24, 2.45) is 0 Å². The maximum absolute atomic E-state index is 13.2. The highest BCUT2D eigenvalue weighted by Crippen LogP contribution is 2.31. The van der Waals surface area contributed by atoms with Gasteiger partial charge in [-0.15, -0.1) is 0 Å². The number of benzene rings is 2. The van der Waals surface area contributed by atoms with E-state index in [0.29, 0.717) is 50.6 Å². The second-order valence-electron chi connectivity index (χ2n) is 7.57. The summed E-state index contributed by atoms with van der Waals surface area (Å²) in [6.07, 6.45) is 3.38. The average molecular weight is 477 g/mol. The number of nitrogens with one attached hydrogen (secondary N) is 1. The summed E-state index contributed by atoms with van der Waals surface area (Å²) in [4.78, 5) is 26.8. The summed E-state index contributed by atoms with van der Waals surface area (Å²) in [5, 5.41) is 3.93. The number of pyridine rings is 1. The van der Waals surface area contributed by atoms with Gasteiger partial charge in [0, 0.05) is 28.4 Å². The summed E-state index contributed by atoms with van der Waals surface area (Å²) in [5.41, 5.74) is 3.91. The van der Waals surface area contributed by atoms with Gasteiger partial charge in [-0.2, -0.15) is 0 Å². The number of rotatable bonds is 7. The van der Waals surface area contributed by atoms with Crippen molar-refractivity contribution in [3.05, 3.63) is 99.8 Å². The van der Waals surface area contributed by atoms with E-state index in [2.05, 4.69) is 27.4 Å². The molecule has 0 saturated heterocycles. The standard InChI is InChI=1S/C26H22Cl2N4O/c1-17-23(26(33)30-13-7-10-18-8-3-2-4-9-18)24(19-14-20(27)16-21(28)15-19)32-25(31-17)22-11-5-6-12-29-22/h2-6,8-9,11-12,14-16H,7,10,13H2,1H3,(H,30,33). The molecule has 0 atom stereocenters. The molecule has 0 aliphatic heterocycles. The molecule has 4 aromatic rings. The monoisotopic (exact) mass is 476 g/mol. The van der Waals surface area contributed by atoms with Crippen molar-refractivity contribution >= 4 is 29.1 Å². The summed E-state index contributed by atoms with van der Waals surface area (Å²) in [5.74, 6) is 0.194. The minimum absolute atomic E-state index is 0.237. The Bertz CT molecular complexity index is 1240. The van der Waals surface area contributed by atoms with Crippen LogP contribution in [0.3, 0.4) is 0 Å². The summed E-state index contributed by atoms with van der Waals surface area (Å²) in [6.45, 7) is 2.33. The van der Waals surface area contributed by atoms with Crippen LogP contribution in [0.1, 0.15) is 28.0 Å². The maximum atomic E-state index is 13.2. The summed E-state index contributed by atoms with van der Waals surface area (Å²) < 4.78 is 0. The third-order valence-corrected chi connectivity index (χ3v) is 5.55. The van der Waals surface area contributed by atoms with Crippen LogP contribution in [0, 0.1) is 6.92 Å². The summed E-state index contributed by atoms with van der Waals surface area (Å²) >= 11 is 12.5. The number of hydrogen-bond donors (Lipinski definition) is 1. The first kappa shape index (κ1) is 22.9. The molecule has 0 aliphatic rings. The van der Waals surface area contributed by atoms with Crippen molar-refractivity contribution in [1.29, 1.82) is 0 Å². The predicted molar refractivity (Wildman–Crippen MR) is 133 cm³/mol. The van der Waals surface area contributed by atoms with E-state index in [1.807, 2.05) is 36.4 Å². The molecule has 4 rings (SSSR count). The van der Waals surface area contributed by atoms with Crippen molar-refractivity contribution in [3.63, 3.8) is 0 Å². The van der Waals surface area contributed by atoms with Crippen LogP contribution in [0.4, 0.5) is 0 Å². The van der Waals surface area contributed by atoms with Gasteiger partial charge >= 0.3 is 0 Å². The molecular weight excluding hydrogens is 455 g/mol. The second kappa shape index (κ2) is 10.6. The lowest BCUT2D eigenvalue weighted by Crippen LogP contribution is -2.27. The highest BCUT2D eigenvalue weighted by Gasteiger charge is 2.21. The minimum atomic E-state index is -0.237. The van der Waals surface area contributed by atoms with Crippen molar-refractivity contribution in [2.75, 3.05) is 6.54 Å². The van der Waals surface area contributed by atoms with Crippen LogP contribution in [-0.2, 0) is 6.42 Å². The molecule has 0 bridgehead atoms. The van der Waals surface area contributed by atoms with E-state index < -0.39 is 0 Å². The molecule has 166 valence electrons. The molecule has 5 nitrogen and oxygen atoms in total. The molecule has 0 aliphatic carbocycles. The Kier molecular flexibility index (Phi) is 7.33. The van der Waals surface area contributed by atoms with Gasteiger partial charge in [-0.25, -0.2) is 9.97 Å².